The zero-order chi connectivity index (χ0) is 18.9. The molecule has 1 aromatic carbocycles. The maximum absolute atomic E-state index is 11.6. The van der Waals surface area contributed by atoms with Crippen LogP contribution >= 0.6 is 11.6 Å². The topological polar surface area (TPSA) is 133 Å². The van der Waals surface area contributed by atoms with E-state index in [0.29, 0.717) is 11.3 Å². The fourth-order valence-corrected chi connectivity index (χ4v) is 1.97. The number of carbonyl (C=O) groups is 3. The molecule has 2 amide bonds. The van der Waals surface area contributed by atoms with Crippen LogP contribution in [-0.4, -0.2) is 30.6 Å². The highest BCUT2D eigenvalue weighted by Crippen LogP contribution is 2.24. The Morgan fingerprint density at radius 1 is 1.27 bits per heavy atom. The zero-order valence-corrected chi connectivity index (χ0v) is 14.0. The lowest BCUT2D eigenvalue weighted by Crippen LogP contribution is -2.37. The largest absolute Gasteiger partial charge is 0.546 e. The minimum Gasteiger partial charge on any atom is -0.546 e. The molecule has 0 atom stereocenters. The first-order valence-electron chi connectivity index (χ1n) is 7.21. The summed E-state index contributed by atoms with van der Waals surface area (Å²) in [6.45, 7) is -0.553. The van der Waals surface area contributed by atoms with Gasteiger partial charge in [0.05, 0.1) is 30.0 Å². The van der Waals surface area contributed by atoms with Crippen LogP contribution in [-0.2, 0) is 20.9 Å². The van der Waals surface area contributed by atoms with Gasteiger partial charge in [-0.2, -0.15) is 5.10 Å². The van der Waals surface area contributed by atoms with E-state index in [1.54, 1.807) is 12.1 Å². The molecule has 0 aliphatic rings. The van der Waals surface area contributed by atoms with Gasteiger partial charge in [-0.3, -0.25) is 9.59 Å². The second-order valence-corrected chi connectivity index (χ2v) is 5.22. The number of carboxylic acid groups (broad SMARTS) is 1. The number of furan rings is 1. The number of carboxylic acids is 1. The molecule has 0 spiro atoms. The Labute approximate surface area is 152 Å². The van der Waals surface area contributed by atoms with E-state index in [2.05, 4.69) is 15.8 Å². The number of rotatable bonds is 7. The summed E-state index contributed by atoms with van der Waals surface area (Å²) in [5, 5.41) is 16.5. The Bertz CT molecular complexity index is 819. The first kappa shape index (κ1) is 19.0. The van der Waals surface area contributed by atoms with Crippen LogP contribution in [0.25, 0.3) is 0 Å². The number of benzene rings is 1. The van der Waals surface area contributed by atoms with Crippen molar-refractivity contribution >= 4 is 35.6 Å². The lowest BCUT2D eigenvalue weighted by molar-refractivity contribution is -0.307. The number of carbonyl (C=O) groups excluding carboxylic acids is 3. The van der Waals surface area contributed by atoms with Gasteiger partial charge in [0, 0.05) is 0 Å². The van der Waals surface area contributed by atoms with Crippen LogP contribution in [0.4, 0.5) is 0 Å². The van der Waals surface area contributed by atoms with Crippen LogP contribution in [0.2, 0.25) is 5.02 Å². The number of hydrazone groups is 1. The van der Waals surface area contributed by atoms with Crippen molar-refractivity contribution in [2.45, 2.75) is 6.54 Å². The summed E-state index contributed by atoms with van der Waals surface area (Å²) in [5.41, 5.74) is 2.56. The van der Waals surface area contributed by atoms with Crippen molar-refractivity contribution in [2.75, 3.05) is 6.61 Å². The van der Waals surface area contributed by atoms with Crippen molar-refractivity contribution in [3.63, 3.8) is 0 Å². The van der Waals surface area contributed by atoms with Gasteiger partial charge in [0.1, 0.15) is 18.1 Å². The molecule has 2 N–H and O–H groups in total. The van der Waals surface area contributed by atoms with E-state index in [1.807, 2.05) is 0 Å². The third kappa shape index (κ3) is 5.95. The minimum absolute atomic E-state index is 0.0753. The van der Waals surface area contributed by atoms with Crippen LogP contribution in [0.3, 0.4) is 0 Å². The first-order chi connectivity index (χ1) is 12.5. The Morgan fingerprint density at radius 3 is 2.73 bits per heavy atom. The average Bonchev–Trinajstić information content (AvgIpc) is 3.12. The number of aliphatic carboxylic acids is 1. The number of halogens is 1. The van der Waals surface area contributed by atoms with E-state index >= 15 is 0 Å². The van der Waals surface area contributed by atoms with E-state index in [-0.39, 0.29) is 17.3 Å². The number of ether oxygens (including phenoxy) is 1. The smallest absolute Gasteiger partial charge is 0.329 e. The highest BCUT2D eigenvalue weighted by atomic mass is 35.5. The van der Waals surface area contributed by atoms with Gasteiger partial charge in [-0.05, 0) is 35.9 Å². The summed E-state index contributed by atoms with van der Waals surface area (Å²) in [6, 6.07) is 7.72. The molecule has 0 radical (unpaired) electrons. The molecule has 136 valence electrons. The third-order valence-electron chi connectivity index (χ3n) is 2.89. The van der Waals surface area contributed by atoms with Gasteiger partial charge in [0.2, 0.25) is 0 Å². The van der Waals surface area contributed by atoms with Gasteiger partial charge < -0.3 is 24.4 Å². The van der Waals surface area contributed by atoms with E-state index < -0.39 is 24.4 Å². The van der Waals surface area contributed by atoms with Gasteiger partial charge in [0.15, 0.2) is 0 Å². The van der Waals surface area contributed by atoms with Crippen LogP contribution in [0, 0.1) is 0 Å². The standard InChI is InChI=1S/C16H14ClN3O6/c17-12-6-10(3-4-13(12)26-9-14(21)22)7-19-20-16(24)15(23)18-8-11-2-1-5-25-11/h1-7H,8-9H2,(H,18,23)(H,20,24)(H,21,22)/p-1/b19-7-. The minimum atomic E-state index is -1.38. The molecule has 26 heavy (non-hydrogen) atoms. The molecule has 0 aliphatic carbocycles. The summed E-state index contributed by atoms with van der Waals surface area (Å²) in [6.07, 6.45) is 2.71. The zero-order valence-electron chi connectivity index (χ0n) is 13.2. The second-order valence-electron chi connectivity index (χ2n) is 4.81. The van der Waals surface area contributed by atoms with Crippen molar-refractivity contribution in [3.8, 4) is 5.75 Å². The highest BCUT2D eigenvalue weighted by molar-refractivity contribution is 6.35. The van der Waals surface area contributed by atoms with Crippen LogP contribution in [0.5, 0.6) is 5.75 Å². The molecule has 2 aromatic rings. The Kier molecular flexibility index (Phi) is 6.75. The molecule has 0 saturated heterocycles. The van der Waals surface area contributed by atoms with Crippen molar-refractivity contribution in [1.29, 1.82) is 0 Å². The second kappa shape index (κ2) is 9.23. The molecule has 2 rings (SSSR count). The number of hydrogen-bond donors (Lipinski definition) is 2. The first-order valence-corrected chi connectivity index (χ1v) is 7.59. The Morgan fingerprint density at radius 2 is 2.08 bits per heavy atom. The molecule has 0 bridgehead atoms. The monoisotopic (exact) mass is 378 g/mol. The third-order valence-corrected chi connectivity index (χ3v) is 3.19. The number of amides is 2. The molecule has 0 saturated carbocycles. The molecule has 10 heteroatoms. The molecular formula is C16H13ClN3O6-. The molecule has 0 fully saturated rings. The number of nitrogens with one attached hydrogen (secondary N) is 2. The molecule has 9 nitrogen and oxygen atoms in total. The number of nitrogens with zero attached hydrogens (tertiary/aromatic N) is 1. The quantitative estimate of drug-likeness (QED) is 0.390. The summed E-state index contributed by atoms with van der Waals surface area (Å²) in [7, 11) is 0. The Balaban J connectivity index is 1.83. The lowest BCUT2D eigenvalue weighted by Gasteiger charge is -2.08. The summed E-state index contributed by atoms with van der Waals surface area (Å²) < 4.78 is 9.94. The molecule has 0 unspecified atom stereocenters. The number of hydrogen-bond acceptors (Lipinski definition) is 7. The highest BCUT2D eigenvalue weighted by Gasteiger charge is 2.12. The molecule has 1 aromatic heterocycles. The summed E-state index contributed by atoms with van der Waals surface area (Å²) in [5.74, 6) is -2.53. The maximum Gasteiger partial charge on any atom is 0.329 e. The van der Waals surface area contributed by atoms with Crippen LogP contribution in [0.15, 0.2) is 46.1 Å². The maximum atomic E-state index is 11.6. The summed E-state index contributed by atoms with van der Waals surface area (Å²) in [4.78, 5) is 33.5. The van der Waals surface area contributed by atoms with Gasteiger partial charge >= 0.3 is 11.8 Å². The van der Waals surface area contributed by atoms with Gasteiger partial charge in [-0.25, -0.2) is 5.43 Å². The predicted octanol–water partition coefficient (Wildman–Crippen LogP) is -0.172. The SMILES string of the molecule is O=C([O-])COc1ccc(/C=N\NC(=O)C(=O)NCc2ccco2)cc1Cl. The normalized spacial score (nSPS) is 10.5. The Hall–Kier alpha value is -3.33. The summed E-state index contributed by atoms with van der Waals surface area (Å²) >= 11 is 5.93. The van der Waals surface area contributed by atoms with Crippen molar-refractivity contribution in [3.05, 3.63) is 52.9 Å². The molecular weight excluding hydrogens is 366 g/mol. The van der Waals surface area contributed by atoms with Crippen molar-refractivity contribution in [1.82, 2.24) is 10.7 Å². The van der Waals surface area contributed by atoms with Gasteiger partial charge in [0.25, 0.3) is 0 Å². The predicted molar refractivity (Wildman–Crippen MR) is 88.2 cm³/mol. The molecule has 1 heterocycles. The van der Waals surface area contributed by atoms with Crippen molar-refractivity contribution in [2.24, 2.45) is 5.10 Å². The van der Waals surface area contributed by atoms with E-state index in [4.69, 9.17) is 20.8 Å². The molecule has 0 aliphatic heterocycles. The average molecular weight is 379 g/mol. The van der Waals surface area contributed by atoms with E-state index in [9.17, 15) is 19.5 Å². The van der Waals surface area contributed by atoms with E-state index in [0.717, 1.165) is 0 Å². The fourth-order valence-electron chi connectivity index (χ4n) is 1.73. The van der Waals surface area contributed by atoms with Crippen LogP contribution < -0.4 is 20.6 Å². The van der Waals surface area contributed by atoms with Crippen LogP contribution in [0.1, 0.15) is 11.3 Å². The van der Waals surface area contributed by atoms with Crippen molar-refractivity contribution < 1.29 is 28.6 Å². The van der Waals surface area contributed by atoms with Gasteiger partial charge in [-0.1, -0.05) is 11.6 Å². The fraction of sp³-hybridized carbons (Fsp3) is 0.125. The van der Waals surface area contributed by atoms with Gasteiger partial charge in [-0.15, -0.1) is 0 Å². The van der Waals surface area contributed by atoms with E-state index in [1.165, 1.54) is 30.7 Å². The lowest BCUT2D eigenvalue weighted by atomic mass is 10.2.